The molecule has 6 nitrogen and oxygen atoms in total. The second kappa shape index (κ2) is 8.97. The Hall–Kier alpha value is -2.73. The van der Waals surface area contributed by atoms with Crippen molar-refractivity contribution in [3.8, 4) is 11.5 Å². The van der Waals surface area contributed by atoms with Gasteiger partial charge in [0.2, 0.25) is 5.91 Å². The molecular formula is C21H23ClN2O4. The van der Waals surface area contributed by atoms with Crippen molar-refractivity contribution >= 4 is 29.1 Å². The van der Waals surface area contributed by atoms with Crippen molar-refractivity contribution in [3.05, 3.63) is 53.1 Å². The summed E-state index contributed by atoms with van der Waals surface area (Å²) in [4.78, 5) is 25.3. The summed E-state index contributed by atoms with van der Waals surface area (Å²) in [6.07, 6.45) is 0.808. The number of benzene rings is 2. The summed E-state index contributed by atoms with van der Waals surface area (Å²) in [5.74, 6) is 0.529. The third kappa shape index (κ3) is 4.95. The number of ether oxygens (including phenoxy) is 2. The molecule has 7 heteroatoms. The molecule has 1 atom stereocenters. The van der Waals surface area contributed by atoms with Crippen molar-refractivity contribution in [2.75, 3.05) is 18.5 Å². The standard InChI is InChI=1S/C21H23ClN2O4/c1-13(2)19(24-20(25)14-4-6-15(22)7-5-14)21(26)23-16-8-9-17-18(12-16)28-11-3-10-27-17/h4-9,12-13,19H,3,10-11H2,1-2H3,(H,23,26)(H,24,25). The quantitative estimate of drug-likeness (QED) is 0.795. The molecule has 2 aromatic rings. The molecule has 2 aromatic carbocycles. The molecule has 1 unspecified atom stereocenters. The van der Waals surface area contributed by atoms with Gasteiger partial charge in [-0.25, -0.2) is 0 Å². The van der Waals surface area contributed by atoms with Gasteiger partial charge in [-0.15, -0.1) is 0 Å². The van der Waals surface area contributed by atoms with Crippen LogP contribution in [0.25, 0.3) is 0 Å². The number of halogens is 1. The Kier molecular flexibility index (Phi) is 6.41. The number of fused-ring (bicyclic) bond motifs is 1. The van der Waals surface area contributed by atoms with Gasteiger partial charge in [0.05, 0.1) is 13.2 Å². The second-order valence-electron chi connectivity index (χ2n) is 6.90. The van der Waals surface area contributed by atoms with Crippen LogP contribution in [0.1, 0.15) is 30.6 Å². The fourth-order valence-electron chi connectivity index (χ4n) is 2.82. The van der Waals surface area contributed by atoms with Crippen LogP contribution in [0.15, 0.2) is 42.5 Å². The molecule has 148 valence electrons. The molecule has 0 spiro atoms. The lowest BCUT2D eigenvalue weighted by molar-refractivity contribution is -0.118. The minimum absolute atomic E-state index is 0.100. The molecule has 0 fully saturated rings. The SMILES string of the molecule is CC(C)C(NC(=O)c1ccc(Cl)cc1)C(=O)Nc1ccc2c(c1)OCCCO2. The minimum Gasteiger partial charge on any atom is -0.490 e. The van der Waals surface area contributed by atoms with Gasteiger partial charge in [0.25, 0.3) is 5.91 Å². The van der Waals surface area contributed by atoms with E-state index in [2.05, 4.69) is 10.6 Å². The van der Waals surface area contributed by atoms with Crippen molar-refractivity contribution in [1.82, 2.24) is 5.32 Å². The average molecular weight is 403 g/mol. The Morgan fingerprint density at radius 1 is 1.00 bits per heavy atom. The zero-order valence-electron chi connectivity index (χ0n) is 15.8. The van der Waals surface area contributed by atoms with Crippen LogP contribution in [-0.2, 0) is 4.79 Å². The fourth-order valence-corrected chi connectivity index (χ4v) is 2.95. The van der Waals surface area contributed by atoms with Crippen LogP contribution in [-0.4, -0.2) is 31.1 Å². The van der Waals surface area contributed by atoms with E-state index in [1.807, 2.05) is 13.8 Å². The number of rotatable bonds is 5. The molecule has 0 bridgehead atoms. The average Bonchev–Trinajstić information content (AvgIpc) is 2.91. The van der Waals surface area contributed by atoms with Gasteiger partial charge in [0.15, 0.2) is 11.5 Å². The molecule has 28 heavy (non-hydrogen) atoms. The normalized spacial score (nSPS) is 14.1. The molecule has 2 N–H and O–H groups in total. The van der Waals surface area contributed by atoms with Gasteiger partial charge in [-0.3, -0.25) is 9.59 Å². The van der Waals surface area contributed by atoms with Crippen molar-refractivity contribution < 1.29 is 19.1 Å². The highest BCUT2D eigenvalue weighted by molar-refractivity contribution is 6.30. The second-order valence-corrected chi connectivity index (χ2v) is 7.34. The largest absolute Gasteiger partial charge is 0.490 e. The van der Waals surface area contributed by atoms with E-state index in [1.54, 1.807) is 42.5 Å². The summed E-state index contributed by atoms with van der Waals surface area (Å²) < 4.78 is 11.3. The van der Waals surface area contributed by atoms with Crippen molar-refractivity contribution in [2.24, 2.45) is 5.92 Å². The molecule has 0 aromatic heterocycles. The third-order valence-corrected chi connectivity index (χ3v) is 4.61. The summed E-state index contributed by atoms with van der Waals surface area (Å²) in [6, 6.07) is 11.1. The van der Waals surface area contributed by atoms with E-state index in [0.717, 1.165) is 6.42 Å². The molecule has 1 heterocycles. The predicted molar refractivity (Wildman–Crippen MR) is 108 cm³/mol. The summed E-state index contributed by atoms with van der Waals surface area (Å²) in [5.41, 5.74) is 1.03. The maximum atomic E-state index is 12.8. The van der Waals surface area contributed by atoms with Crippen molar-refractivity contribution in [1.29, 1.82) is 0 Å². The fraction of sp³-hybridized carbons (Fsp3) is 0.333. The number of hydrogen-bond donors (Lipinski definition) is 2. The van der Waals surface area contributed by atoms with Crippen LogP contribution in [0, 0.1) is 5.92 Å². The zero-order valence-corrected chi connectivity index (χ0v) is 16.6. The highest BCUT2D eigenvalue weighted by atomic mass is 35.5. The molecule has 0 aliphatic carbocycles. The lowest BCUT2D eigenvalue weighted by atomic mass is 10.0. The summed E-state index contributed by atoms with van der Waals surface area (Å²) in [5, 5.41) is 6.19. The minimum atomic E-state index is -0.695. The molecule has 2 amide bonds. The maximum absolute atomic E-state index is 12.8. The van der Waals surface area contributed by atoms with E-state index in [0.29, 0.717) is 41.0 Å². The van der Waals surface area contributed by atoms with Crippen LogP contribution in [0.2, 0.25) is 5.02 Å². The third-order valence-electron chi connectivity index (χ3n) is 4.36. The number of carbonyl (C=O) groups is 2. The van der Waals surface area contributed by atoms with Crippen LogP contribution in [0.3, 0.4) is 0 Å². The highest BCUT2D eigenvalue weighted by Gasteiger charge is 2.25. The van der Waals surface area contributed by atoms with E-state index in [9.17, 15) is 9.59 Å². The summed E-state index contributed by atoms with van der Waals surface area (Å²) in [6.45, 7) is 4.92. The number of carbonyl (C=O) groups excluding carboxylic acids is 2. The molecule has 3 rings (SSSR count). The maximum Gasteiger partial charge on any atom is 0.251 e. The van der Waals surface area contributed by atoms with E-state index in [1.165, 1.54) is 0 Å². The van der Waals surface area contributed by atoms with Gasteiger partial charge in [-0.05, 0) is 42.3 Å². The van der Waals surface area contributed by atoms with Gasteiger partial charge in [-0.2, -0.15) is 0 Å². The summed E-state index contributed by atoms with van der Waals surface area (Å²) in [7, 11) is 0. The molecule has 1 aliphatic rings. The van der Waals surface area contributed by atoms with Gasteiger partial charge < -0.3 is 20.1 Å². The monoisotopic (exact) mass is 402 g/mol. The Labute approximate surface area is 169 Å². The van der Waals surface area contributed by atoms with Crippen molar-refractivity contribution in [3.63, 3.8) is 0 Å². The van der Waals surface area contributed by atoms with Crippen LogP contribution in [0.4, 0.5) is 5.69 Å². The smallest absolute Gasteiger partial charge is 0.251 e. The highest BCUT2D eigenvalue weighted by Crippen LogP contribution is 2.32. The Morgan fingerprint density at radius 2 is 1.68 bits per heavy atom. The first-order valence-electron chi connectivity index (χ1n) is 9.21. The van der Waals surface area contributed by atoms with E-state index >= 15 is 0 Å². The number of anilines is 1. The summed E-state index contributed by atoms with van der Waals surface area (Å²) >= 11 is 5.86. The lowest BCUT2D eigenvalue weighted by Gasteiger charge is -2.22. The molecule has 0 saturated carbocycles. The molecular weight excluding hydrogens is 380 g/mol. The van der Waals surface area contributed by atoms with Crippen molar-refractivity contribution in [2.45, 2.75) is 26.3 Å². The van der Waals surface area contributed by atoms with Gasteiger partial charge in [0.1, 0.15) is 6.04 Å². The number of hydrogen-bond acceptors (Lipinski definition) is 4. The van der Waals surface area contributed by atoms with E-state index < -0.39 is 6.04 Å². The van der Waals surface area contributed by atoms with Gasteiger partial charge in [-0.1, -0.05) is 25.4 Å². The van der Waals surface area contributed by atoms with Crippen LogP contribution < -0.4 is 20.1 Å². The first-order chi connectivity index (χ1) is 13.4. The van der Waals surface area contributed by atoms with Crippen LogP contribution >= 0.6 is 11.6 Å². The van der Waals surface area contributed by atoms with Gasteiger partial charge >= 0.3 is 0 Å². The lowest BCUT2D eigenvalue weighted by Crippen LogP contribution is -2.47. The van der Waals surface area contributed by atoms with E-state index in [4.69, 9.17) is 21.1 Å². The number of nitrogens with one attached hydrogen (secondary N) is 2. The Morgan fingerprint density at radius 3 is 2.36 bits per heavy atom. The van der Waals surface area contributed by atoms with Crippen LogP contribution in [0.5, 0.6) is 11.5 Å². The first kappa shape index (κ1) is 20.0. The molecule has 0 saturated heterocycles. The predicted octanol–water partition coefficient (Wildman–Crippen LogP) is 3.89. The number of amides is 2. The Bertz CT molecular complexity index is 852. The van der Waals surface area contributed by atoms with Gasteiger partial charge in [0, 0.05) is 28.8 Å². The molecule has 0 radical (unpaired) electrons. The van der Waals surface area contributed by atoms with E-state index in [-0.39, 0.29) is 17.7 Å². The zero-order chi connectivity index (χ0) is 20.1. The first-order valence-corrected chi connectivity index (χ1v) is 9.59. The molecule has 1 aliphatic heterocycles. The Balaban J connectivity index is 1.70. The topological polar surface area (TPSA) is 76.7 Å².